The zero-order valence-corrected chi connectivity index (χ0v) is 19.3. The predicted molar refractivity (Wildman–Crippen MR) is 119 cm³/mol. The molecule has 29 heavy (non-hydrogen) atoms. The molecule has 1 aliphatic heterocycles. The molecule has 0 radical (unpaired) electrons. The van der Waals surface area contributed by atoms with E-state index in [0.29, 0.717) is 31.0 Å². The Morgan fingerprint density at radius 2 is 1.76 bits per heavy atom. The van der Waals surface area contributed by atoms with Gasteiger partial charge in [0.25, 0.3) is 5.91 Å². The van der Waals surface area contributed by atoms with Gasteiger partial charge in [-0.3, -0.25) is 9.59 Å². The summed E-state index contributed by atoms with van der Waals surface area (Å²) in [6.07, 6.45) is 2.21. The van der Waals surface area contributed by atoms with Gasteiger partial charge in [-0.15, -0.1) is 0 Å². The molecule has 2 heterocycles. The number of rotatable bonds is 5. The van der Waals surface area contributed by atoms with Gasteiger partial charge in [-0.05, 0) is 62.9 Å². The molecule has 1 N–H and O–H groups in total. The van der Waals surface area contributed by atoms with Gasteiger partial charge in [-0.2, -0.15) is 0 Å². The molecule has 0 aliphatic carbocycles. The van der Waals surface area contributed by atoms with E-state index >= 15 is 0 Å². The summed E-state index contributed by atoms with van der Waals surface area (Å²) in [7, 11) is 0. The summed E-state index contributed by atoms with van der Waals surface area (Å²) in [5, 5.41) is 3.18. The number of amides is 2. The van der Waals surface area contributed by atoms with Crippen LogP contribution in [-0.2, 0) is 4.79 Å². The zero-order valence-electron chi connectivity index (χ0n) is 17.7. The lowest BCUT2D eigenvalue weighted by Crippen LogP contribution is -2.46. The van der Waals surface area contributed by atoms with E-state index in [2.05, 4.69) is 39.7 Å². The van der Waals surface area contributed by atoms with Crippen LogP contribution in [0.1, 0.15) is 54.9 Å². The first-order chi connectivity index (χ1) is 13.8. The molecular weight excluding hydrogens is 430 g/mol. The Balaban J connectivity index is 1.64. The number of likely N-dealkylation sites (tertiary alicyclic amines) is 1. The molecule has 2 aromatic rings. The molecule has 2 amide bonds. The summed E-state index contributed by atoms with van der Waals surface area (Å²) >= 11 is 3.47. The Bertz CT molecular complexity index is 878. The second-order valence-electron chi connectivity index (χ2n) is 8.32. The Hall–Kier alpha value is -2.08. The van der Waals surface area contributed by atoms with Crippen LogP contribution in [0.25, 0.3) is 5.69 Å². The van der Waals surface area contributed by atoms with Crippen molar-refractivity contribution in [2.24, 2.45) is 5.92 Å². The van der Waals surface area contributed by atoms with Crippen molar-refractivity contribution in [1.29, 1.82) is 0 Å². The first kappa shape index (κ1) is 21.6. The van der Waals surface area contributed by atoms with Crippen molar-refractivity contribution in [1.82, 2.24) is 14.8 Å². The topological polar surface area (TPSA) is 54.3 Å². The molecule has 3 rings (SSSR count). The highest BCUT2D eigenvalue weighted by atomic mass is 79.9. The molecule has 0 bridgehead atoms. The summed E-state index contributed by atoms with van der Waals surface area (Å²) in [5.74, 6) is 0.567. The van der Waals surface area contributed by atoms with Gasteiger partial charge in [0, 0.05) is 47.1 Å². The molecule has 156 valence electrons. The number of carbonyl (C=O) groups excluding carboxylic acids is 2. The molecule has 0 spiro atoms. The minimum absolute atomic E-state index is 0.0339. The average molecular weight is 460 g/mol. The summed E-state index contributed by atoms with van der Waals surface area (Å²) in [6, 6.07) is 10.1. The molecular formula is C23H30BrN3O2. The van der Waals surface area contributed by atoms with Gasteiger partial charge >= 0.3 is 0 Å². The van der Waals surface area contributed by atoms with E-state index in [1.807, 2.05) is 49.1 Å². The number of aryl methyl sites for hydroxylation is 1. The molecule has 5 nitrogen and oxygen atoms in total. The molecule has 0 saturated carbocycles. The van der Waals surface area contributed by atoms with Crippen molar-refractivity contribution in [3.63, 3.8) is 0 Å². The Morgan fingerprint density at radius 3 is 2.34 bits per heavy atom. The first-order valence-corrected chi connectivity index (χ1v) is 11.1. The van der Waals surface area contributed by atoms with Gasteiger partial charge in [-0.1, -0.05) is 29.8 Å². The van der Waals surface area contributed by atoms with Crippen LogP contribution < -0.4 is 5.32 Å². The van der Waals surface area contributed by atoms with Crippen molar-refractivity contribution in [3.05, 3.63) is 51.8 Å². The van der Waals surface area contributed by atoms with Crippen LogP contribution in [0.5, 0.6) is 0 Å². The van der Waals surface area contributed by atoms with Gasteiger partial charge in [-0.25, -0.2) is 0 Å². The Labute approximate surface area is 181 Å². The highest BCUT2D eigenvalue weighted by Gasteiger charge is 2.25. The van der Waals surface area contributed by atoms with Gasteiger partial charge in [0.1, 0.15) is 0 Å². The van der Waals surface area contributed by atoms with Crippen LogP contribution >= 0.6 is 15.9 Å². The minimum Gasteiger partial charge on any atom is -0.349 e. The quantitative estimate of drug-likeness (QED) is 0.708. The number of halogens is 1. The number of hydrogen-bond donors (Lipinski definition) is 1. The Kier molecular flexibility index (Phi) is 6.83. The summed E-state index contributed by atoms with van der Waals surface area (Å²) in [6.45, 7) is 9.57. The predicted octanol–water partition coefficient (Wildman–Crippen LogP) is 4.62. The fourth-order valence-corrected chi connectivity index (χ4v) is 4.26. The van der Waals surface area contributed by atoms with Crippen LogP contribution in [-0.4, -0.2) is 40.4 Å². The first-order valence-electron chi connectivity index (χ1n) is 10.3. The molecule has 1 aromatic heterocycles. The third-order valence-electron chi connectivity index (χ3n) is 5.53. The van der Waals surface area contributed by atoms with Gasteiger partial charge in [0.2, 0.25) is 5.91 Å². The Morgan fingerprint density at radius 1 is 1.14 bits per heavy atom. The summed E-state index contributed by atoms with van der Waals surface area (Å²) < 4.78 is 3.13. The van der Waals surface area contributed by atoms with E-state index in [-0.39, 0.29) is 17.9 Å². The standard InChI is InChI=1S/C23H30BrN3O2/c1-15(2)13-22(28)26-11-9-19(10-12-26)25-23(29)21-14-16(3)27(17(21)4)20-7-5-18(24)6-8-20/h5-8,14-15,19H,9-13H2,1-4H3,(H,25,29). The molecule has 0 atom stereocenters. The summed E-state index contributed by atoms with van der Waals surface area (Å²) in [5.41, 5.74) is 3.72. The van der Waals surface area contributed by atoms with Gasteiger partial charge < -0.3 is 14.8 Å². The van der Waals surface area contributed by atoms with Crippen molar-refractivity contribution in [2.75, 3.05) is 13.1 Å². The number of hydrogen-bond acceptors (Lipinski definition) is 2. The van der Waals surface area contributed by atoms with E-state index in [1.54, 1.807) is 0 Å². The van der Waals surface area contributed by atoms with Crippen LogP contribution in [0, 0.1) is 19.8 Å². The van der Waals surface area contributed by atoms with E-state index in [9.17, 15) is 9.59 Å². The second-order valence-corrected chi connectivity index (χ2v) is 9.24. The number of nitrogens with zero attached hydrogens (tertiary/aromatic N) is 2. The maximum absolute atomic E-state index is 12.9. The zero-order chi connectivity index (χ0) is 21.1. The highest BCUT2D eigenvalue weighted by molar-refractivity contribution is 9.10. The lowest BCUT2D eigenvalue weighted by Gasteiger charge is -2.32. The second kappa shape index (κ2) is 9.16. The fourth-order valence-electron chi connectivity index (χ4n) is 3.99. The lowest BCUT2D eigenvalue weighted by molar-refractivity contribution is -0.133. The largest absolute Gasteiger partial charge is 0.349 e. The van der Waals surface area contributed by atoms with Crippen molar-refractivity contribution in [2.45, 2.75) is 53.0 Å². The number of benzene rings is 1. The minimum atomic E-state index is -0.0339. The smallest absolute Gasteiger partial charge is 0.253 e. The monoisotopic (exact) mass is 459 g/mol. The SMILES string of the molecule is Cc1cc(C(=O)NC2CCN(C(=O)CC(C)C)CC2)c(C)n1-c1ccc(Br)cc1. The third kappa shape index (κ3) is 5.10. The number of nitrogens with one attached hydrogen (secondary N) is 1. The maximum atomic E-state index is 12.9. The maximum Gasteiger partial charge on any atom is 0.253 e. The highest BCUT2D eigenvalue weighted by Crippen LogP contribution is 2.23. The van der Waals surface area contributed by atoms with Crippen LogP contribution in [0.3, 0.4) is 0 Å². The number of aromatic nitrogens is 1. The molecule has 1 aliphatic rings. The van der Waals surface area contributed by atoms with Crippen molar-refractivity contribution < 1.29 is 9.59 Å². The van der Waals surface area contributed by atoms with E-state index in [1.165, 1.54) is 0 Å². The van der Waals surface area contributed by atoms with Crippen molar-refractivity contribution >= 4 is 27.7 Å². The van der Waals surface area contributed by atoms with Gasteiger partial charge in [0.05, 0.1) is 5.56 Å². The average Bonchev–Trinajstić information content (AvgIpc) is 2.97. The molecule has 0 unspecified atom stereocenters. The van der Waals surface area contributed by atoms with E-state index < -0.39 is 0 Å². The lowest BCUT2D eigenvalue weighted by atomic mass is 10.0. The normalized spacial score (nSPS) is 15.0. The molecule has 6 heteroatoms. The van der Waals surface area contributed by atoms with Crippen LogP contribution in [0.4, 0.5) is 0 Å². The van der Waals surface area contributed by atoms with E-state index in [0.717, 1.165) is 34.4 Å². The van der Waals surface area contributed by atoms with Gasteiger partial charge in [0.15, 0.2) is 0 Å². The molecule has 1 aromatic carbocycles. The molecule has 1 saturated heterocycles. The fraction of sp³-hybridized carbons (Fsp3) is 0.478. The third-order valence-corrected chi connectivity index (χ3v) is 6.05. The van der Waals surface area contributed by atoms with Crippen LogP contribution in [0.2, 0.25) is 0 Å². The van der Waals surface area contributed by atoms with Crippen LogP contribution in [0.15, 0.2) is 34.8 Å². The number of piperidine rings is 1. The molecule has 1 fully saturated rings. The van der Waals surface area contributed by atoms with E-state index in [4.69, 9.17) is 0 Å². The summed E-state index contributed by atoms with van der Waals surface area (Å²) in [4.78, 5) is 27.1. The number of carbonyl (C=O) groups is 2. The van der Waals surface area contributed by atoms with Crippen molar-refractivity contribution in [3.8, 4) is 5.69 Å².